The maximum Gasteiger partial charge on any atom is 0.248 e. The lowest BCUT2D eigenvalue weighted by Gasteiger charge is -2.44. The van der Waals surface area contributed by atoms with Crippen LogP contribution in [0.4, 0.5) is 0 Å². The maximum absolute atomic E-state index is 13.3. The van der Waals surface area contributed by atoms with E-state index in [2.05, 4.69) is 33.9 Å². The number of piperazine rings is 1. The van der Waals surface area contributed by atoms with Crippen LogP contribution < -0.4 is 14.2 Å². The molecule has 32 heavy (non-hydrogen) atoms. The van der Waals surface area contributed by atoms with Gasteiger partial charge in [0, 0.05) is 13.6 Å². The highest BCUT2D eigenvalue weighted by Gasteiger charge is 2.45. The average Bonchev–Trinajstić information content (AvgIpc) is 2.73. The molecule has 1 aliphatic rings. The number of methoxy groups -OCH3 is 3. The standard InChI is InChI=1S/C23H38N2O6Si/c1-15-21(26)25(13-16-11-18(28-6)20(30-8)19(12-16)29-7)17(22(27)24(15)5)14-31-32(9,10)23(2,3)4/h11-12,15,17H,13-14H2,1-10H3/t15-,17-/m0/s1. The van der Waals surface area contributed by atoms with E-state index in [9.17, 15) is 9.59 Å². The summed E-state index contributed by atoms with van der Waals surface area (Å²) in [5.41, 5.74) is 0.773. The molecule has 0 aromatic heterocycles. The third-order valence-corrected chi connectivity index (χ3v) is 11.2. The predicted molar refractivity (Wildman–Crippen MR) is 126 cm³/mol. The molecule has 0 radical (unpaired) electrons. The smallest absolute Gasteiger partial charge is 0.248 e. The van der Waals surface area contributed by atoms with E-state index in [-0.39, 0.29) is 30.0 Å². The fraction of sp³-hybridized carbons (Fsp3) is 0.652. The Morgan fingerprint density at radius 2 is 1.50 bits per heavy atom. The van der Waals surface area contributed by atoms with Gasteiger partial charge >= 0.3 is 0 Å². The Labute approximate surface area is 192 Å². The Balaban J connectivity index is 2.41. The summed E-state index contributed by atoms with van der Waals surface area (Å²) in [6.45, 7) is 12.9. The number of nitrogens with zero attached hydrogens (tertiary/aromatic N) is 2. The molecule has 1 aromatic carbocycles. The number of carbonyl (C=O) groups excluding carboxylic acids is 2. The van der Waals surface area contributed by atoms with Gasteiger partial charge in [-0.05, 0) is 42.8 Å². The fourth-order valence-electron chi connectivity index (χ4n) is 3.39. The third-order valence-electron chi connectivity index (χ3n) is 6.72. The molecular weight excluding hydrogens is 428 g/mol. The van der Waals surface area contributed by atoms with Crippen LogP contribution in [0.15, 0.2) is 12.1 Å². The summed E-state index contributed by atoms with van der Waals surface area (Å²) >= 11 is 0. The number of amides is 2. The van der Waals surface area contributed by atoms with Crippen LogP contribution in [-0.4, -0.2) is 77.0 Å². The number of benzene rings is 1. The summed E-state index contributed by atoms with van der Waals surface area (Å²) < 4.78 is 22.6. The molecule has 2 atom stereocenters. The predicted octanol–water partition coefficient (Wildman–Crippen LogP) is 3.29. The summed E-state index contributed by atoms with van der Waals surface area (Å²) in [7, 11) is 4.19. The Morgan fingerprint density at radius 3 is 1.94 bits per heavy atom. The van der Waals surface area contributed by atoms with Crippen molar-refractivity contribution in [3.63, 3.8) is 0 Å². The molecular formula is C23H38N2O6Si. The molecule has 8 nitrogen and oxygen atoms in total. The Morgan fingerprint density at radius 1 is 0.969 bits per heavy atom. The van der Waals surface area contributed by atoms with Gasteiger partial charge in [-0.15, -0.1) is 0 Å². The normalized spacial score (nSPS) is 19.9. The van der Waals surface area contributed by atoms with Gasteiger partial charge in [-0.1, -0.05) is 20.8 Å². The van der Waals surface area contributed by atoms with E-state index in [0.717, 1.165) is 5.56 Å². The molecule has 2 amide bonds. The van der Waals surface area contributed by atoms with Crippen LogP contribution in [0.25, 0.3) is 0 Å². The fourth-order valence-corrected chi connectivity index (χ4v) is 4.40. The van der Waals surface area contributed by atoms with Crippen LogP contribution in [0, 0.1) is 0 Å². The zero-order chi connectivity index (χ0) is 24.4. The van der Waals surface area contributed by atoms with E-state index in [0.29, 0.717) is 17.2 Å². The van der Waals surface area contributed by atoms with Crippen molar-refractivity contribution >= 4 is 20.1 Å². The summed E-state index contributed by atoms with van der Waals surface area (Å²) in [6, 6.07) is 2.35. The number of likely N-dealkylation sites (N-methyl/N-ethyl adjacent to an activating group) is 1. The van der Waals surface area contributed by atoms with E-state index in [4.69, 9.17) is 18.6 Å². The van der Waals surface area contributed by atoms with Gasteiger partial charge in [0.15, 0.2) is 19.8 Å². The number of ether oxygens (including phenoxy) is 3. The number of rotatable bonds is 8. The number of hydrogen-bond acceptors (Lipinski definition) is 6. The van der Waals surface area contributed by atoms with Gasteiger partial charge < -0.3 is 28.4 Å². The highest BCUT2D eigenvalue weighted by atomic mass is 28.4. The zero-order valence-corrected chi connectivity index (χ0v) is 22.1. The van der Waals surface area contributed by atoms with Crippen molar-refractivity contribution in [1.29, 1.82) is 0 Å². The van der Waals surface area contributed by atoms with Crippen LogP contribution in [-0.2, 0) is 20.6 Å². The molecule has 0 aliphatic carbocycles. The quantitative estimate of drug-likeness (QED) is 0.547. The lowest BCUT2D eigenvalue weighted by atomic mass is 10.0. The minimum Gasteiger partial charge on any atom is -0.493 e. The van der Waals surface area contributed by atoms with Gasteiger partial charge in [-0.2, -0.15) is 0 Å². The Kier molecular flexibility index (Phi) is 7.88. The topological polar surface area (TPSA) is 77.5 Å². The molecule has 9 heteroatoms. The van der Waals surface area contributed by atoms with Crippen molar-refractivity contribution < 1.29 is 28.2 Å². The lowest BCUT2D eigenvalue weighted by Crippen LogP contribution is -2.64. The van der Waals surface area contributed by atoms with E-state index in [1.807, 2.05) is 0 Å². The molecule has 180 valence electrons. The first-order valence-electron chi connectivity index (χ1n) is 10.8. The molecule has 2 rings (SSSR count). The highest BCUT2D eigenvalue weighted by Crippen LogP contribution is 2.39. The molecule has 1 aromatic rings. The minimum absolute atomic E-state index is 0.00450. The molecule has 0 saturated carbocycles. The molecule has 0 N–H and O–H groups in total. The summed E-state index contributed by atoms with van der Waals surface area (Å²) in [4.78, 5) is 29.6. The van der Waals surface area contributed by atoms with Crippen molar-refractivity contribution in [3.8, 4) is 17.2 Å². The second-order valence-electron chi connectivity index (χ2n) is 9.71. The van der Waals surface area contributed by atoms with Crippen molar-refractivity contribution in [3.05, 3.63) is 17.7 Å². The van der Waals surface area contributed by atoms with Gasteiger partial charge in [0.1, 0.15) is 12.1 Å². The van der Waals surface area contributed by atoms with Crippen LogP contribution >= 0.6 is 0 Å². The molecule has 0 unspecified atom stereocenters. The number of hydrogen-bond donors (Lipinski definition) is 0. The first kappa shape index (κ1) is 26.0. The number of carbonyl (C=O) groups is 2. The van der Waals surface area contributed by atoms with Gasteiger partial charge in [-0.3, -0.25) is 9.59 Å². The van der Waals surface area contributed by atoms with Crippen LogP contribution in [0.2, 0.25) is 18.1 Å². The second-order valence-corrected chi connectivity index (χ2v) is 14.5. The maximum atomic E-state index is 13.3. The van der Waals surface area contributed by atoms with E-state index < -0.39 is 20.4 Å². The first-order valence-corrected chi connectivity index (χ1v) is 13.7. The van der Waals surface area contributed by atoms with Crippen molar-refractivity contribution in [1.82, 2.24) is 9.80 Å². The SMILES string of the molecule is COc1cc(CN2C(=O)[C@H](C)N(C)C(=O)[C@@H]2CO[Si](C)(C)C(C)(C)C)cc(OC)c1OC. The van der Waals surface area contributed by atoms with Crippen LogP contribution in [0.3, 0.4) is 0 Å². The van der Waals surface area contributed by atoms with Gasteiger partial charge in [-0.25, -0.2) is 0 Å². The zero-order valence-electron chi connectivity index (χ0n) is 21.1. The van der Waals surface area contributed by atoms with E-state index in [1.54, 1.807) is 52.3 Å². The molecule has 0 bridgehead atoms. The summed E-state index contributed by atoms with van der Waals surface area (Å²) in [6.07, 6.45) is 0. The third kappa shape index (κ3) is 5.04. The van der Waals surface area contributed by atoms with Crippen molar-refractivity contribution in [2.75, 3.05) is 35.0 Å². The molecule has 1 heterocycles. The lowest BCUT2D eigenvalue weighted by molar-refractivity contribution is -0.161. The molecule has 1 saturated heterocycles. The molecule has 1 fully saturated rings. The monoisotopic (exact) mass is 466 g/mol. The van der Waals surface area contributed by atoms with E-state index in [1.165, 1.54) is 4.90 Å². The van der Waals surface area contributed by atoms with Crippen LogP contribution in [0.1, 0.15) is 33.3 Å². The molecule has 0 spiro atoms. The Bertz CT molecular complexity index is 826. The van der Waals surface area contributed by atoms with Crippen LogP contribution in [0.5, 0.6) is 17.2 Å². The molecule has 1 aliphatic heterocycles. The average molecular weight is 467 g/mol. The van der Waals surface area contributed by atoms with Gasteiger partial charge in [0.05, 0.1) is 27.9 Å². The highest BCUT2D eigenvalue weighted by molar-refractivity contribution is 6.74. The second kappa shape index (κ2) is 9.70. The summed E-state index contributed by atoms with van der Waals surface area (Å²) in [5, 5.41) is -0.00450. The first-order chi connectivity index (χ1) is 14.8. The van der Waals surface area contributed by atoms with E-state index >= 15 is 0 Å². The van der Waals surface area contributed by atoms with Crippen molar-refractivity contribution in [2.45, 2.75) is 64.5 Å². The Hall–Kier alpha value is -2.26. The largest absolute Gasteiger partial charge is 0.493 e. The summed E-state index contributed by atoms with van der Waals surface area (Å²) in [5.74, 6) is 1.23. The van der Waals surface area contributed by atoms with Crippen molar-refractivity contribution in [2.24, 2.45) is 0 Å². The van der Waals surface area contributed by atoms with Gasteiger partial charge in [0.25, 0.3) is 0 Å². The minimum atomic E-state index is -2.11. The van der Waals surface area contributed by atoms with Gasteiger partial charge in [0.2, 0.25) is 17.6 Å².